The number of benzene rings is 2. The van der Waals surface area contributed by atoms with Gasteiger partial charge in [0.2, 0.25) is 0 Å². The van der Waals surface area contributed by atoms with Crippen LogP contribution in [0.3, 0.4) is 0 Å². The van der Waals surface area contributed by atoms with Crippen molar-refractivity contribution in [3.05, 3.63) is 75.8 Å². The van der Waals surface area contributed by atoms with E-state index in [1.54, 1.807) is 18.9 Å². The molecule has 0 aliphatic carbocycles. The molecule has 1 fully saturated rings. The zero-order chi connectivity index (χ0) is 24.9. The maximum absolute atomic E-state index is 12.9. The van der Waals surface area contributed by atoms with E-state index in [2.05, 4.69) is 25.4 Å². The summed E-state index contributed by atoms with van der Waals surface area (Å²) >= 11 is 0. The number of hydrogen-bond acceptors (Lipinski definition) is 8. The van der Waals surface area contributed by atoms with E-state index in [1.807, 2.05) is 48.5 Å². The van der Waals surface area contributed by atoms with E-state index >= 15 is 0 Å². The Hall–Kier alpha value is -3.76. The van der Waals surface area contributed by atoms with Crippen LogP contribution < -0.4 is 15.0 Å². The molecule has 2 aromatic heterocycles. The molecule has 1 saturated heterocycles. The molecule has 1 aliphatic rings. The van der Waals surface area contributed by atoms with Gasteiger partial charge in [0.1, 0.15) is 11.5 Å². The van der Waals surface area contributed by atoms with Gasteiger partial charge >= 0.3 is 0 Å². The lowest BCUT2D eigenvalue weighted by Gasteiger charge is -2.24. The zero-order valence-electron chi connectivity index (χ0n) is 20.5. The lowest BCUT2D eigenvalue weighted by molar-refractivity contribution is 0.0663. The summed E-state index contributed by atoms with van der Waals surface area (Å²) in [5, 5.41) is 13.3. The molecule has 188 valence electrons. The predicted molar refractivity (Wildman–Crippen MR) is 134 cm³/mol. The van der Waals surface area contributed by atoms with E-state index in [-0.39, 0.29) is 11.7 Å². The number of hydrogen-bond donors (Lipinski definition) is 1. The lowest BCUT2D eigenvalue weighted by atomic mass is 10.1. The van der Waals surface area contributed by atoms with Crippen LogP contribution in [0.15, 0.2) is 53.3 Å². The van der Waals surface area contributed by atoms with Gasteiger partial charge in [-0.25, -0.2) is 4.68 Å². The number of H-pyrrole nitrogens is 1. The minimum Gasteiger partial charge on any atom is -0.497 e. The van der Waals surface area contributed by atoms with Crippen LogP contribution in [-0.2, 0) is 24.4 Å². The van der Waals surface area contributed by atoms with Gasteiger partial charge in [0, 0.05) is 36.2 Å². The second kappa shape index (κ2) is 10.9. The number of pyridine rings is 1. The standard InChI is InChI=1S/C26H30N6O4/c1-34-21-7-5-18(6-8-21)14-32-25(28-29-30-32)17-31(16-23-4-3-11-36-23)15-20-12-19-13-22(35-2)9-10-24(19)27-26(20)33/h5-10,12-13,23H,3-4,11,14-17H2,1-2H3,(H,27,33)/t23-/m1/s1. The van der Waals surface area contributed by atoms with Crippen LogP contribution >= 0.6 is 0 Å². The number of tetrazole rings is 1. The number of methoxy groups -OCH3 is 2. The van der Waals surface area contributed by atoms with Crippen molar-refractivity contribution in [3.8, 4) is 11.5 Å². The van der Waals surface area contributed by atoms with E-state index in [0.717, 1.165) is 53.2 Å². The van der Waals surface area contributed by atoms with Gasteiger partial charge < -0.3 is 19.2 Å². The summed E-state index contributed by atoms with van der Waals surface area (Å²) in [5.74, 6) is 2.27. The van der Waals surface area contributed by atoms with Gasteiger partial charge in [-0.3, -0.25) is 9.69 Å². The largest absolute Gasteiger partial charge is 0.497 e. The third-order valence-corrected chi connectivity index (χ3v) is 6.47. The van der Waals surface area contributed by atoms with Crippen molar-refractivity contribution in [2.45, 2.75) is 38.6 Å². The summed E-state index contributed by atoms with van der Waals surface area (Å²) in [5.41, 5.74) is 2.40. The Morgan fingerprint density at radius 2 is 1.89 bits per heavy atom. The number of nitrogens with zero attached hydrogens (tertiary/aromatic N) is 5. The summed E-state index contributed by atoms with van der Waals surface area (Å²) in [6, 6.07) is 15.4. The number of ether oxygens (including phenoxy) is 3. The van der Waals surface area contributed by atoms with Crippen molar-refractivity contribution in [1.82, 2.24) is 30.1 Å². The fraction of sp³-hybridized carbons (Fsp3) is 0.385. The highest BCUT2D eigenvalue weighted by molar-refractivity contribution is 5.80. The van der Waals surface area contributed by atoms with E-state index < -0.39 is 0 Å². The van der Waals surface area contributed by atoms with Crippen LogP contribution in [0.5, 0.6) is 11.5 Å². The van der Waals surface area contributed by atoms with Crippen LogP contribution in [-0.4, -0.2) is 63.6 Å². The molecule has 10 nitrogen and oxygen atoms in total. The first-order valence-corrected chi connectivity index (χ1v) is 12.0. The second-order valence-electron chi connectivity index (χ2n) is 8.98. The second-order valence-corrected chi connectivity index (χ2v) is 8.98. The Morgan fingerprint density at radius 1 is 1.08 bits per heavy atom. The van der Waals surface area contributed by atoms with Gasteiger partial charge in [0.25, 0.3) is 5.56 Å². The summed E-state index contributed by atoms with van der Waals surface area (Å²) < 4.78 is 18.3. The zero-order valence-corrected chi connectivity index (χ0v) is 20.5. The average Bonchev–Trinajstić information content (AvgIpc) is 3.57. The Morgan fingerprint density at radius 3 is 2.64 bits per heavy atom. The third kappa shape index (κ3) is 5.55. The topological polar surface area (TPSA) is 107 Å². The molecule has 5 rings (SSSR count). The van der Waals surface area contributed by atoms with Crippen molar-refractivity contribution in [3.63, 3.8) is 0 Å². The fourth-order valence-electron chi connectivity index (χ4n) is 4.54. The molecule has 0 spiro atoms. The monoisotopic (exact) mass is 490 g/mol. The van der Waals surface area contributed by atoms with E-state index in [4.69, 9.17) is 14.2 Å². The molecule has 0 amide bonds. The van der Waals surface area contributed by atoms with E-state index in [0.29, 0.717) is 31.7 Å². The first kappa shape index (κ1) is 24.0. The van der Waals surface area contributed by atoms with Crippen LogP contribution in [0, 0.1) is 0 Å². The quantitative estimate of drug-likeness (QED) is 0.362. The molecule has 0 radical (unpaired) electrons. The smallest absolute Gasteiger partial charge is 0.252 e. The number of rotatable bonds is 10. The van der Waals surface area contributed by atoms with Gasteiger partial charge in [-0.15, -0.1) is 5.10 Å². The number of aromatic nitrogens is 5. The van der Waals surface area contributed by atoms with Gasteiger partial charge in [0.05, 0.1) is 33.4 Å². The van der Waals surface area contributed by atoms with Crippen molar-refractivity contribution < 1.29 is 14.2 Å². The maximum atomic E-state index is 12.9. The Balaban J connectivity index is 1.38. The first-order chi connectivity index (χ1) is 17.6. The normalized spacial score (nSPS) is 15.6. The summed E-state index contributed by atoms with van der Waals surface area (Å²) in [6.07, 6.45) is 2.17. The molecule has 3 heterocycles. The molecular weight excluding hydrogens is 460 g/mol. The summed E-state index contributed by atoms with van der Waals surface area (Å²) in [4.78, 5) is 18.1. The Bertz CT molecular complexity index is 1360. The van der Waals surface area contributed by atoms with Gasteiger partial charge in [-0.1, -0.05) is 12.1 Å². The first-order valence-electron chi connectivity index (χ1n) is 12.0. The minimum absolute atomic E-state index is 0.108. The minimum atomic E-state index is -0.108. The van der Waals surface area contributed by atoms with E-state index in [9.17, 15) is 4.79 Å². The number of aromatic amines is 1. The fourth-order valence-corrected chi connectivity index (χ4v) is 4.54. The van der Waals surface area contributed by atoms with Crippen LogP contribution in [0.2, 0.25) is 0 Å². The highest BCUT2D eigenvalue weighted by atomic mass is 16.5. The van der Waals surface area contributed by atoms with Crippen LogP contribution in [0.25, 0.3) is 10.9 Å². The number of fused-ring (bicyclic) bond motifs is 1. The molecule has 10 heteroatoms. The van der Waals surface area contributed by atoms with Crippen molar-refractivity contribution in [2.75, 3.05) is 27.4 Å². The SMILES string of the molecule is COc1ccc(Cn2nnnc2CN(Cc2cc3cc(OC)ccc3[nH]c2=O)C[C@H]2CCCO2)cc1. The third-order valence-electron chi connectivity index (χ3n) is 6.47. The van der Waals surface area contributed by atoms with Crippen molar-refractivity contribution >= 4 is 10.9 Å². The Kier molecular flexibility index (Phi) is 7.24. The molecule has 1 atom stereocenters. The molecule has 0 bridgehead atoms. The van der Waals surface area contributed by atoms with Gasteiger partial charge in [-0.05, 0) is 65.2 Å². The molecule has 36 heavy (non-hydrogen) atoms. The highest BCUT2D eigenvalue weighted by Gasteiger charge is 2.22. The van der Waals surface area contributed by atoms with Gasteiger partial charge in [-0.2, -0.15) is 0 Å². The molecular formula is C26H30N6O4. The predicted octanol–water partition coefficient (Wildman–Crippen LogP) is 2.76. The summed E-state index contributed by atoms with van der Waals surface area (Å²) in [7, 11) is 3.28. The molecule has 1 N–H and O–H groups in total. The average molecular weight is 491 g/mol. The summed E-state index contributed by atoms with van der Waals surface area (Å²) in [6.45, 7) is 2.92. The van der Waals surface area contributed by atoms with Crippen molar-refractivity contribution in [2.24, 2.45) is 0 Å². The van der Waals surface area contributed by atoms with Crippen LogP contribution in [0.4, 0.5) is 0 Å². The van der Waals surface area contributed by atoms with Crippen molar-refractivity contribution in [1.29, 1.82) is 0 Å². The molecule has 2 aromatic carbocycles. The number of nitrogens with one attached hydrogen (secondary N) is 1. The Labute approximate surface area is 208 Å². The maximum Gasteiger partial charge on any atom is 0.252 e. The molecule has 0 saturated carbocycles. The van der Waals surface area contributed by atoms with Crippen LogP contribution in [0.1, 0.15) is 29.8 Å². The lowest BCUT2D eigenvalue weighted by Crippen LogP contribution is -2.34. The molecule has 4 aromatic rings. The van der Waals surface area contributed by atoms with Gasteiger partial charge in [0.15, 0.2) is 5.82 Å². The molecule has 0 unspecified atom stereocenters. The highest BCUT2D eigenvalue weighted by Crippen LogP contribution is 2.21. The molecule has 1 aliphatic heterocycles. The van der Waals surface area contributed by atoms with E-state index in [1.165, 1.54) is 0 Å².